The first-order valence-electron chi connectivity index (χ1n) is 10.8. The monoisotopic (exact) mass is 410 g/mol. The summed E-state index contributed by atoms with van der Waals surface area (Å²) in [6, 6.07) is 17.0. The summed E-state index contributed by atoms with van der Waals surface area (Å²) in [7, 11) is 3.51. The lowest BCUT2D eigenvalue weighted by Crippen LogP contribution is -2.09. The molecule has 0 atom stereocenters. The fourth-order valence-electron chi connectivity index (χ4n) is 4.41. The minimum atomic E-state index is -0.314. The van der Waals surface area contributed by atoms with Gasteiger partial charge in [0.2, 0.25) is 0 Å². The van der Waals surface area contributed by atoms with E-state index in [0.717, 1.165) is 16.8 Å². The third kappa shape index (κ3) is 3.63. The number of ether oxygens (including phenoxy) is 1. The Morgan fingerprint density at radius 2 is 1.94 bits per heavy atom. The summed E-state index contributed by atoms with van der Waals surface area (Å²) < 4.78 is 7.22. The summed E-state index contributed by atoms with van der Waals surface area (Å²) in [5.41, 5.74) is 8.53. The normalized spacial score (nSPS) is 13.5. The van der Waals surface area contributed by atoms with Crippen LogP contribution in [-0.4, -0.2) is 22.6 Å². The van der Waals surface area contributed by atoms with E-state index in [1.807, 2.05) is 12.3 Å². The molecule has 5 rings (SSSR count). The van der Waals surface area contributed by atoms with E-state index in [0.29, 0.717) is 17.9 Å². The van der Waals surface area contributed by atoms with Gasteiger partial charge < -0.3 is 9.30 Å². The number of rotatable bonds is 5. The number of pyridine rings is 1. The zero-order chi connectivity index (χ0) is 21.5. The highest BCUT2D eigenvalue weighted by atomic mass is 16.5. The van der Waals surface area contributed by atoms with E-state index in [1.165, 1.54) is 47.5 Å². The van der Waals surface area contributed by atoms with Crippen LogP contribution < -0.4 is 0 Å². The summed E-state index contributed by atoms with van der Waals surface area (Å²) in [4.78, 5) is 17.1. The lowest BCUT2D eigenvalue weighted by atomic mass is 9.97. The average Bonchev–Trinajstić information content (AvgIpc) is 3.58. The molecule has 2 aromatic heterocycles. The van der Waals surface area contributed by atoms with Crippen LogP contribution in [0.3, 0.4) is 0 Å². The lowest BCUT2D eigenvalue weighted by Gasteiger charge is -2.10. The van der Waals surface area contributed by atoms with Crippen molar-refractivity contribution >= 4 is 16.9 Å². The molecule has 0 saturated heterocycles. The number of methoxy groups -OCH3 is 1. The molecule has 2 aromatic carbocycles. The topological polar surface area (TPSA) is 44.1 Å². The van der Waals surface area contributed by atoms with Crippen LogP contribution in [0.2, 0.25) is 0 Å². The molecule has 0 unspecified atom stereocenters. The molecule has 0 radical (unpaired) electrons. The van der Waals surface area contributed by atoms with Crippen molar-refractivity contribution in [2.24, 2.45) is 7.05 Å². The predicted molar refractivity (Wildman–Crippen MR) is 123 cm³/mol. The van der Waals surface area contributed by atoms with Crippen LogP contribution in [0, 0.1) is 6.92 Å². The number of esters is 1. The number of aryl methyl sites for hydroxylation is 2. The second kappa shape index (κ2) is 7.69. The number of benzene rings is 2. The molecule has 4 aromatic rings. The average molecular weight is 411 g/mol. The molecule has 0 amide bonds. The van der Waals surface area contributed by atoms with Crippen molar-refractivity contribution in [3.8, 4) is 11.1 Å². The molecule has 1 saturated carbocycles. The molecule has 4 nitrogen and oxygen atoms in total. The van der Waals surface area contributed by atoms with E-state index in [4.69, 9.17) is 4.74 Å². The zero-order valence-electron chi connectivity index (χ0n) is 18.2. The molecule has 0 spiro atoms. The lowest BCUT2D eigenvalue weighted by molar-refractivity contribution is 0.0599. The van der Waals surface area contributed by atoms with E-state index in [1.54, 1.807) is 0 Å². The quantitative estimate of drug-likeness (QED) is 0.390. The van der Waals surface area contributed by atoms with Gasteiger partial charge in [0.05, 0.1) is 18.4 Å². The van der Waals surface area contributed by atoms with E-state index in [2.05, 4.69) is 72.2 Å². The Morgan fingerprint density at radius 1 is 1.13 bits per heavy atom. The maximum Gasteiger partial charge on any atom is 0.339 e. The van der Waals surface area contributed by atoms with Crippen molar-refractivity contribution in [2.45, 2.75) is 32.1 Å². The second-order valence-corrected chi connectivity index (χ2v) is 8.53. The van der Waals surface area contributed by atoms with Crippen molar-refractivity contribution in [3.05, 3.63) is 88.9 Å². The summed E-state index contributed by atoms with van der Waals surface area (Å²) in [5, 5.41) is 1.21. The number of fused-ring (bicyclic) bond motifs is 1. The Balaban J connectivity index is 1.57. The first-order chi connectivity index (χ1) is 15.0. The largest absolute Gasteiger partial charge is 0.465 e. The van der Waals surface area contributed by atoms with Gasteiger partial charge in [-0.3, -0.25) is 4.98 Å². The second-order valence-electron chi connectivity index (χ2n) is 8.53. The minimum Gasteiger partial charge on any atom is -0.465 e. The van der Waals surface area contributed by atoms with E-state index in [9.17, 15) is 4.79 Å². The first-order valence-corrected chi connectivity index (χ1v) is 10.8. The molecule has 0 N–H and O–H groups in total. The van der Waals surface area contributed by atoms with Crippen molar-refractivity contribution in [1.82, 2.24) is 9.55 Å². The molecule has 156 valence electrons. The van der Waals surface area contributed by atoms with E-state index >= 15 is 0 Å². The van der Waals surface area contributed by atoms with Gasteiger partial charge in [-0.2, -0.15) is 0 Å². The van der Waals surface area contributed by atoms with Crippen LogP contribution in [0.15, 0.2) is 60.9 Å². The number of hydrogen-bond acceptors (Lipinski definition) is 3. The fraction of sp³-hybridized carbons (Fsp3) is 0.259. The first kappa shape index (κ1) is 19.6. The summed E-state index contributed by atoms with van der Waals surface area (Å²) in [6.45, 7) is 2.14. The number of hydrogen-bond donors (Lipinski definition) is 0. The van der Waals surface area contributed by atoms with Crippen molar-refractivity contribution in [2.75, 3.05) is 7.11 Å². The highest BCUT2D eigenvalue weighted by molar-refractivity contribution is 5.97. The van der Waals surface area contributed by atoms with Crippen LogP contribution in [0.1, 0.15) is 51.5 Å². The Morgan fingerprint density at radius 3 is 2.68 bits per heavy atom. The molecule has 0 bridgehead atoms. The molecule has 1 fully saturated rings. The summed E-state index contributed by atoms with van der Waals surface area (Å²) in [5.74, 6) is 0.230. The Bertz CT molecular complexity index is 1300. The summed E-state index contributed by atoms with van der Waals surface area (Å²) >= 11 is 0. The van der Waals surface area contributed by atoms with Gasteiger partial charge in [0.15, 0.2) is 0 Å². The van der Waals surface area contributed by atoms with Gasteiger partial charge in [-0.25, -0.2) is 4.79 Å². The standard InChI is InChI=1S/C27H26N2O2/c1-17-6-4-5-7-21(17)24-16-29(2)26-11-8-18(12-22(24)26)13-25-23(27(30)31-3)14-20(15-28-25)19-9-10-19/h4-8,11-12,14-16,19H,9-10,13H2,1-3H3. The van der Waals surface area contributed by atoms with Crippen molar-refractivity contribution in [3.63, 3.8) is 0 Å². The van der Waals surface area contributed by atoms with E-state index < -0.39 is 0 Å². The van der Waals surface area contributed by atoms with Crippen LogP contribution in [0.25, 0.3) is 22.0 Å². The molecule has 0 aliphatic heterocycles. The highest BCUT2D eigenvalue weighted by Crippen LogP contribution is 2.40. The van der Waals surface area contributed by atoms with Gasteiger partial charge >= 0.3 is 5.97 Å². The van der Waals surface area contributed by atoms with Crippen molar-refractivity contribution in [1.29, 1.82) is 0 Å². The van der Waals surface area contributed by atoms with Crippen LogP contribution in [0.4, 0.5) is 0 Å². The smallest absolute Gasteiger partial charge is 0.339 e. The highest BCUT2D eigenvalue weighted by Gasteiger charge is 2.26. The minimum absolute atomic E-state index is 0.314. The maximum absolute atomic E-state index is 12.4. The molecule has 1 aliphatic rings. The number of carbonyl (C=O) groups is 1. The molecule has 4 heteroatoms. The SMILES string of the molecule is COC(=O)c1cc(C2CC2)cnc1Cc1ccc2c(c1)c(-c1ccccc1C)cn2C. The van der Waals surface area contributed by atoms with Crippen LogP contribution >= 0.6 is 0 Å². The molecule has 31 heavy (non-hydrogen) atoms. The van der Waals surface area contributed by atoms with Crippen molar-refractivity contribution < 1.29 is 9.53 Å². The van der Waals surface area contributed by atoms with Gasteiger partial charge in [0.1, 0.15) is 0 Å². The Labute approximate surface area is 182 Å². The molecular formula is C27H26N2O2. The maximum atomic E-state index is 12.4. The van der Waals surface area contributed by atoms with Gasteiger partial charge in [-0.05, 0) is 66.1 Å². The van der Waals surface area contributed by atoms with Crippen LogP contribution in [0.5, 0.6) is 0 Å². The Kier molecular flexibility index (Phi) is 4.85. The van der Waals surface area contributed by atoms with Gasteiger partial charge in [-0.15, -0.1) is 0 Å². The number of carbonyl (C=O) groups excluding carboxylic acids is 1. The van der Waals surface area contributed by atoms with E-state index in [-0.39, 0.29) is 5.97 Å². The predicted octanol–water partition coefficient (Wildman–Crippen LogP) is 5.80. The zero-order valence-corrected chi connectivity index (χ0v) is 18.2. The molecular weight excluding hydrogens is 384 g/mol. The summed E-state index contributed by atoms with van der Waals surface area (Å²) in [6.07, 6.45) is 7.06. The molecule has 2 heterocycles. The third-order valence-electron chi connectivity index (χ3n) is 6.31. The third-order valence-corrected chi connectivity index (χ3v) is 6.31. The number of nitrogens with zero attached hydrogens (tertiary/aromatic N) is 2. The Hall–Kier alpha value is -3.40. The van der Waals surface area contributed by atoms with Gasteiger partial charge in [0.25, 0.3) is 0 Å². The molecule has 1 aliphatic carbocycles. The van der Waals surface area contributed by atoms with Gasteiger partial charge in [0, 0.05) is 42.3 Å². The van der Waals surface area contributed by atoms with Gasteiger partial charge in [-0.1, -0.05) is 30.3 Å². The fourth-order valence-corrected chi connectivity index (χ4v) is 4.41. The number of aromatic nitrogens is 2. The van der Waals surface area contributed by atoms with Crippen LogP contribution in [-0.2, 0) is 18.2 Å².